The van der Waals surface area contributed by atoms with Crippen LogP contribution in [0.1, 0.15) is 6.92 Å². The van der Waals surface area contributed by atoms with Crippen LogP contribution in [-0.2, 0) is 9.53 Å². The van der Waals surface area contributed by atoms with Crippen LogP contribution in [0.25, 0.3) is 11.4 Å². The van der Waals surface area contributed by atoms with E-state index >= 15 is 0 Å². The van der Waals surface area contributed by atoms with E-state index in [1.54, 1.807) is 4.90 Å². The Morgan fingerprint density at radius 1 is 1.39 bits per heavy atom. The van der Waals surface area contributed by atoms with Gasteiger partial charge in [0.15, 0.2) is 11.4 Å². The highest BCUT2D eigenvalue weighted by Gasteiger charge is 2.40. The molecule has 6 nitrogen and oxygen atoms in total. The van der Waals surface area contributed by atoms with Gasteiger partial charge in [0.1, 0.15) is 11.6 Å². The lowest BCUT2D eigenvalue weighted by atomic mass is 10.1. The minimum Gasteiger partial charge on any atom is -0.479 e. The number of carboxylic acids is 1. The number of aliphatic carboxylic acids is 1. The fourth-order valence-electron chi connectivity index (χ4n) is 2.31. The first kappa shape index (κ1) is 15.8. The summed E-state index contributed by atoms with van der Waals surface area (Å²) in [5, 5.41) is 9.73. The Bertz CT molecular complexity index is 734. The molecule has 3 rings (SSSR count). The number of rotatable bonds is 3. The van der Waals surface area contributed by atoms with E-state index in [0.717, 1.165) is 29.7 Å². The molecule has 2 heterocycles. The number of hydrogen-bond acceptors (Lipinski definition) is 6. The number of carboxylic acid groups (broad SMARTS) is 1. The van der Waals surface area contributed by atoms with E-state index in [9.17, 15) is 18.7 Å². The van der Waals surface area contributed by atoms with Crippen molar-refractivity contribution < 1.29 is 23.4 Å². The first-order valence-electron chi connectivity index (χ1n) is 6.80. The fraction of sp³-hybridized carbons (Fsp3) is 0.357. The van der Waals surface area contributed by atoms with Crippen molar-refractivity contribution in [2.45, 2.75) is 12.5 Å². The van der Waals surface area contributed by atoms with E-state index in [1.165, 1.54) is 6.92 Å². The summed E-state index contributed by atoms with van der Waals surface area (Å²) in [4.78, 5) is 17.3. The molecule has 1 saturated heterocycles. The summed E-state index contributed by atoms with van der Waals surface area (Å²) in [7, 11) is 0. The van der Waals surface area contributed by atoms with Crippen LogP contribution in [0.5, 0.6) is 0 Å². The zero-order valence-electron chi connectivity index (χ0n) is 12.1. The van der Waals surface area contributed by atoms with Gasteiger partial charge in [-0.1, -0.05) is 0 Å². The summed E-state index contributed by atoms with van der Waals surface area (Å²) in [6.45, 7) is 2.32. The molecule has 0 amide bonds. The molecule has 1 atom stereocenters. The Morgan fingerprint density at radius 2 is 2.09 bits per heavy atom. The van der Waals surface area contributed by atoms with Crippen LogP contribution in [0, 0.1) is 11.6 Å². The van der Waals surface area contributed by atoms with Crippen molar-refractivity contribution in [2.75, 3.05) is 24.6 Å². The SMILES string of the molecule is CC1(C(=O)O)CN(c2nc(-c3cc(F)cc(F)c3)ns2)CCO1. The van der Waals surface area contributed by atoms with Gasteiger partial charge in [-0.15, -0.1) is 0 Å². The highest BCUT2D eigenvalue weighted by Crippen LogP contribution is 2.28. The van der Waals surface area contributed by atoms with Crippen LogP contribution in [0.4, 0.5) is 13.9 Å². The molecule has 1 unspecified atom stereocenters. The van der Waals surface area contributed by atoms with Gasteiger partial charge < -0.3 is 14.7 Å². The summed E-state index contributed by atoms with van der Waals surface area (Å²) in [6, 6.07) is 3.07. The number of anilines is 1. The molecule has 0 spiro atoms. The predicted octanol–water partition coefficient (Wildman–Crippen LogP) is 2.16. The number of halogens is 2. The van der Waals surface area contributed by atoms with Gasteiger partial charge in [0.25, 0.3) is 0 Å². The lowest BCUT2D eigenvalue weighted by Gasteiger charge is -2.37. The molecule has 1 N–H and O–H groups in total. The molecule has 122 valence electrons. The highest BCUT2D eigenvalue weighted by molar-refractivity contribution is 7.09. The molecule has 2 aromatic rings. The summed E-state index contributed by atoms with van der Waals surface area (Å²) < 4.78 is 36.0. The lowest BCUT2D eigenvalue weighted by molar-refractivity contribution is -0.164. The molecule has 1 aliphatic heterocycles. The zero-order chi connectivity index (χ0) is 16.6. The fourth-order valence-corrected chi connectivity index (χ4v) is 3.02. The monoisotopic (exact) mass is 341 g/mol. The maximum Gasteiger partial charge on any atom is 0.337 e. The van der Waals surface area contributed by atoms with Crippen molar-refractivity contribution in [1.82, 2.24) is 9.36 Å². The molecule has 0 saturated carbocycles. The van der Waals surface area contributed by atoms with Gasteiger partial charge in [-0.25, -0.2) is 13.6 Å². The van der Waals surface area contributed by atoms with Crippen molar-refractivity contribution in [3.8, 4) is 11.4 Å². The molecule has 0 radical (unpaired) electrons. The van der Waals surface area contributed by atoms with E-state index in [2.05, 4.69) is 9.36 Å². The molecular formula is C14H13F2N3O3S. The first-order chi connectivity index (χ1) is 10.9. The van der Waals surface area contributed by atoms with Crippen LogP contribution >= 0.6 is 11.5 Å². The van der Waals surface area contributed by atoms with Crippen LogP contribution < -0.4 is 4.90 Å². The Hall–Kier alpha value is -2.13. The van der Waals surface area contributed by atoms with Crippen LogP contribution in [-0.4, -0.2) is 45.7 Å². The number of ether oxygens (including phenoxy) is 1. The van der Waals surface area contributed by atoms with E-state index in [-0.39, 0.29) is 24.5 Å². The molecule has 1 aliphatic rings. The topological polar surface area (TPSA) is 75.5 Å². The second-order valence-electron chi connectivity index (χ2n) is 5.36. The average molecular weight is 341 g/mol. The lowest BCUT2D eigenvalue weighted by Crippen LogP contribution is -2.54. The second kappa shape index (κ2) is 5.82. The molecule has 23 heavy (non-hydrogen) atoms. The molecule has 1 aromatic heterocycles. The highest BCUT2D eigenvalue weighted by atomic mass is 32.1. The van der Waals surface area contributed by atoms with Gasteiger partial charge >= 0.3 is 5.97 Å². The minimum absolute atomic E-state index is 0.120. The van der Waals surface area contributed by atoms with Crippen LogP contribution in [0.2, 0.25) is 0 Å². The number of carbonyl (C=O) groups is 1. The number of benzene rings is 1. The summed E-state index contributed by atoms with van der Waals surface area (Å²) in [5.74, 6) is -2.27. The van der Waals surface area contributed by atoms with Crippen LogP contribution in [0.15, 0.2) is 18.2 Å². The Kier molecular flexibility index (Phi) is 3.99. The molecular weight excluding hydrogens is 328 g/mol. The normalized spacial score (nSPS) is 21.4. The van der Waals surface area contributed by atoms with Crippen molar-refractivity contribution in [3.05, 3.63) is 29.8 Å². The van der Waals surface area contributed by atoms with Crippen LogP contribution in [0.3, 0.4) is 0 Å². The largest absolute Gasteiger partial charge is 0.479 e. The number of aromatic nitrogens is 2. The van der Waals surface area contributed by atoms with Gasteiger partial charge in [0.05, 0.1) is 13.2 Å². The molecule has 0 aliphatic carbocycles. The van der Waals surface area contributed by atoms with Crippen molar-refractivity contribution >= 4 is 22.6 Å². The van der Waals surface area contributed by atoms with E-state index in [4.69, 9.17) is 4.74 Å². The minimum atomic E-state index is -1.32. The number of hydrogen-bond donors (Lipinski definition) is 1. The zero-order valence-corrected chi connectivity index (χ0v) is 12.9. The molecule has 9 heteroatoms. The third-order valence-corrected chi connectivity index (χ3v) is 4.31. The first-order valence-corrected chi connectivity index (χ1v) is 7.57. The third kappa shape index (κ3) is 3.15. The quantitative estimate of drug-likeness (QED) is 0.922. The smallest absolute Gasteiger partial charge is 0.337 e. The number of nitrogens with zero attached hydrogens (tertiary/aromatic N) is 3. The maximum absolute atomic E-state index is 13.3. The van der Waals surface area contributed by atoms with Gasteiger partial charge in [-0.3, -0.25) is 0 Å². The predicted molar refractivity (Wildman–Crippen MR) is 79.5 cm³/mol. The number of morpholine rings is 1. The summed E-state index contributed by atoms with van der Waals surface area (Å²) >= 11 is 1.05. The Labute approximate surface area is 134 Å². The summed E-state index contributed by atoms with van der Waals surface area (Å²) in [6.07, 6.45) is 0. The van der Waals surface area contributed by atoms with E-state index < -0.39 is 23.2 Å². The Balaban J connectivity index is 1.85. The summed E-state index contributed by atoms with van der Waals surface area (Å²) in [5.41, 5.74) is -1.09. The standard InChI is InChI=1S/C14H13F2N3O3S/c1-14(12(20)21)7-19(2-3-22-14)13-17-11(18-23-13)8-4-9(15)6-10(16)5-8/h4-6H,2-3,7H2,1H3,(H,20,21). The van der Waals surface area contributed by atoms with Crippen molar-refractivity contribution in [2.24, 2.45) is 0 Å². The van der Waals surface area contributed by atoms with E-state index in [1.807, 2.05) is 0 Å². The Morgan fingerprint density at radius 3 is 2.74 bits per heavy atom. The average Bonchev–Trinajstić information content (AvgIpc) is 2.96. The molecule has 1 fully saturated rings. The third-order valence-electron chi connectivity index (χ3n) is 3.53. The van der Waals surface area contributed by atoms with E-state index in [0.29, 0.717) is 11.7 Å². The molecule has 1 aromatic carbocycles. The van der Waals surface area contributed by atoms with Crippen molar-refractivity contribution in [3.63, 3.8) is 0 Å². The second-order valence-corrected chi connectivity index (χ2v) is 6.10. The maximum atomic E-state index is 13.3. The van der Waals surface area contributed by atoms with Gasteiger partial charge in [0.2, 0.25) is 5.13 Å². The van der Waals surface area contributed by atoms with Crippen molar-refractivity contribution in [1.29, 1.82) is 0 Å². The van der Waals surface area contributed by atoms with Gasteiger partial charge in [0, 0.05) is 29.7 Å². The van der Waals surface area contributed by atoms with Gasteiger partial charge in [-0.2, -0.15) is 9.36 Å². The molecule has 0 bridgehead atoms. The van der Waals surface area contributed by atoms with Gasteiger partial charge in [-0.05, 0) is 19.1 Å².